The molecule has 0 bridgehead atoms. The summed E-state index contributed by atoms with van der Waals surface area (Å²) in [4.78, 5) is 14.3. The molecule has 23 heavy (non-hydrogen) atoms. The van der Waals surface area contributed by atoms with Gasteiger partial charge in [0.25, 0.3) is 0 Å². The number of nitrogens with two attached hydrogens (primary N) is 1. The third kappa shape index (κ3) is 4.17. The highest BCUT2D eigenvalue weighted by molar-refractivity contribution is 6.28. The Morgan fingerprint density at radius 2 is 1.30 bits per heavy atom. The Hall–Kier alpha value is -2.66. The summed E-state index contributed by atoms with van der Waals surface area (Å²) in [5, 5.41) is 0.0959. The molecule has 0 aliphatic heterocycles. The van der Waals surface area contributed by atoms with E-state index in [0.717, 1.165) is 11.1 Å². The van der Waals surface area contributed by atoms with Crippen LogP contribution in [0.5, 0.6) is 0 Å². The van der Waals surface area contributed by atoms with Crippen LogP contribution in [0.4, 0.5) is 11.9 Å². The number of rotatable bonds is 5. The van der Waals surface area contributed by atoms with Gasteiger partial charge < -0.3 is 10.6 Å². The summed E-state index contributed by atoms with van der Waals surface area (Å²) in [5.41, 5.74) is 8.01. The molecule has 1 heterocycles. The van der Waals surface area contributed by atoms with E-state index >= 15 is 0 Å². The SMILES string of the molecule is Nc1nc(Cl)nc(N(Cc2ccccc2)Cc2ccccc2)n1. The Morgan fingerprint density at radius 1 is 0.783 bits per heavy atom. The molecule has 116 valence electrons. The van der Waals surface area contributed by atoms with E-state index in [1.807, 2.05) is 41.3 Å². The standard InChI is InChI=1S/C17H16ClN5/c18-15-20-16(19)22-17(21-15)23(11-13-7-3-1-4-8-13)12-14-9-5-2-6-10-14/h1-10H,11-12H2,(H2,19,20,21,22). The maximum absolute atomic E-state index is 5.93. The second kappa shape index (κ2) is 7.07. The van der Waals surface area contributed by atoms with Crippen molar-refractivity contribution in [2.75, 3.05) is 10.6 Å². The molecule has 3 rings (SSSR count). The lowest BCUT2D eigenvalue weighted by Gasteiger charge is -2.23. The van der Waals surface area contributed by atoms with Gasteiger partial charge in [-0.05, 0) is 22.7 Å². The predicted octanol–water partition coefficient (Wildman–Crippen LogP) is 3.31. The first-order valence-corrected chi connectivity index (χ1v) is 7.58. The quantitative estimate of drug-likeness (QED) is 0.779. The minimum Gasteiger partial charge on any atom is -0.368 e. The van der Waals surface area contributed by atoms with Crippen LogP contribution in [-0.4, -0.2) is 15.0 Å². The highest BCUT2D eigenvalue weighted by atomic mass is 35.5. The fraction of sp³-hybridized carbons (Fsp3) is 0.118. The van der Waals surface area contributed by atoms with Crippen LogP contribution in [0.1, 0.15) is 11.1 Å². The molecule has 0 spiro atoms. The van der Waals surface area contributed by atoms with Crippen LogP contribution in [0.15, 0.2) is 60.7 Å². The van der Waals surface area contributed by atoms with Crippen molar-refractivity contribution in [3.8, 4) is 0 Å². The smallest absolute Gasteiger partial charge is 0.232 e. The van der Waals surface area contributed by atoms with Gasteiger partial charge in [0.1, 0.15) is 0 Å². The molecule has 0 unspecified atom stereocenters. The molecule has 2 aromatic carbocycles. The van der Waals surface area contributed by atoms with Crippen LogP contribution in [0.2, 0.25) is 5.28 Å². The average Bonchev–Trinajstić information content (AvgIpc) is 2.55. The van der Waals surface area contributed by atoms with Crippen LogP contribution in [0.25, 0.3) is 0 Å². The molecule has 6 heteroatoms. The first-order valence-electron chi connectivity index (χ1n) is 7.20. The number of hydrogen-bond acceptors (Lipinski definition) is 5. The molecule has 0 radical (unpaired) electrons. The zero-order valence-electron chi connectivity index (χ0n) is 12.4. The Labute approximate surface area is 139 Å². The Bertz CT molecular complexity index is 703. The molecule has 5 nitrogen and oxygen atoms in total. The van der Waals surface area contributed by atoms with Crippen LogP contribution >= 0.6 is 11.6 Å². The van der Waals surface area contributed by atoms with Crippen molar-refractivity contribution < 1.29 is 0 Å². The third-order valence-corrected chi connectivity index (χ3v) is 3.50. The molecule has 0 amide bonds. The normalized spacial score (nSPS) is 10.5. The first kappa shape index (κ1) is 15.2. The molecule has 0 aliphatic carbocycles. The number of hydrogen-bond donors (Lipinski definition) is 1. The van der Waals surface area contributed by atoms with Crippen LogP contribution in [-0.2, 0) is 13.1 Å². The predicted molar refractivity (Wildman–Crippen MR) is 92.0 cm³/mol. The van der Waals surface area contributed by atoms with E-state index in [9.17, 15) is 0 Å². The minimum absolute atomic E-state index is 0.0959. The summed E-state index contributed by atoms with van der Waals surface area (Å²) in [7, 11) is 0. The summed E-state index contributed by atoms with van der Waals surface area (Å²) >= 11 is 5.93. The second-order valence-electron chi connectivity index (χ2n) is 5.09. The van der Waals surface area contributed by atoms with Crippen molar-refractivity contribution in [2.45, 2.75) is 13.1 Å². The number of aromatic nitrogens is 3. The second-order valence-corrected chi connectivity index (χ2v) is 5.43. The van der Waals surface area contributed by atoms with Gasteiger partial charge in [-0.2, -0.15) is 15.0 Å². The van der Waals surface area contributed by atoms with Crippen molar-refractivity contribution in [1.29, 1.82) is 0 Å². The van der Waals surface area contributed by atoms with Crippen LogP contribution in [0, 0.1) is 0 Å². The number of halogens is 1. The van der Waals surface area contributed by atoms with E-state index in [1.54, 1.807) is 0 Å². The maximum Gasteiger partial charge on any atom is 0.232 e. The summed E-state index contributed by atoms with van der Waals surface area (Å²) in [6.07, 6.45) is 0. The monoisotopic (exact) mass is 325 g/mol. The zero-order valence-corrected chi connectivity index (χ0v) is 13.2. The van der Waals surface area contributed by atoms with Gasteiger partial charge in [-0.3, -0.25) is 0 Å². The molecule has 2 N–H and O–H groups in total. The van der Waals surface area contributed by atoms with E-state index in [4.69, 9.17) is 17.3 Å². The van der Waals surface area contributed by atoms with E-state index in [0.29, 0.717) is 19.0 Å². The molecule has 1 aromatic heterocycles. The van der Waals surface area contributed by atoms with Gasteiger partial charge in [0.15, 0.2) is 0 Å². The number of nitrogens with zero attached hydrogens (tertiary/aromatic N) is 4. The van der Waals surface area contributed by atoms with Gasteiger partial charge in [0, 0.05) is 13.1 Å². The van der Waals surface area contributed by atoms with Gasteiger partial charge in [-0.15, -0.1) is 0 Å². The summed E-state index contributed by atoms with van der Waals surface area (Å²) in [5.74, 6) is 0.585. The fourth-order valence-electron chi connectivity index (χ4n) is 2.30. The molecule has 0 atom stereocenters. The minimum atomic E-state index is 0.0959. The molecule has 0 fully saturated rings. The molecule has 3 aromatic rings. The van der Waals surface area contributed by atoms with Gasteiger partial charge in [-0.1, -0.05) is 60.7 Å². The van der Waals surface area contributed by atoms with Gasteiger partial charge in [-0.25, -0.2) is 0 Å². The van der Waals surface area contributed by atoms with Gasteiger partial charge in [0.2, 0.25) is 17.2 Å². The Morgan fingerprint density at radius 3 is 1.78 bits per heavy atom. The summed E-state index contributed by atoms with van der Waals surface area (Å²) < 4.78 is 0. The average molecular weight is 326 g/mol. The maximum atomic E-state index is 5.93. The van der Waals surface area contributed by atoms with Crippen molar-refractivity contribution in [1.82, 2.24) is 15.0 Å². The molecular formula is C17H16ClN5. The highest BCUT2D eigenvalue weighted by Gasteiger charge is 2.13. The lowest BCUT2D eigenvalue weighted by atomic mass is 10.2. The number of nitrogen functional groups attached to an aromatic ring is 1. The van der Waals surface area contributed by atoms with Crippen molar-refractivity contribution in [3.05, 3.63) is 77.1 Å². The van der Waals surface area contributed by atoms with Gasteiger partial charge >= 0.3 is 0 Å². The molecule has 0 saturated heterocycles. The zero-order chi connectivity index (χ0) is 16.1. The van der Waals surface area contributed by atoms with Crippen molar-refractivity contribution >= 4 is 23.5 Å². The largest absolute Gasteiger partial charge is 0.368 e. The Kier molecular flexibility index (Phi) is 4.68. The molecule has 0 saturated carbocycles. The van der Waals surface area contributed by atoms with E-state index in [1.165, 1.54) is 0 Å². The molecular weight excluding hydrogens is 310 g/mol. The van der Waals surface area contributed by atoms with Crippen molar-refractivity contribution in [3.63, 3.8) is 0 Å². The molecule has 0 aliphatic rings. The van der Waals surface area contributed by atoms with Gasteiger partial charge in [0.05, 0.1) is 0 Å². The van der Waals surface area contributed by atoms with Crippen LogP contribution < -0.4 is 10.6 Å². The van der Waals surface area contributed by atoms with E-state index in [2.05, 4.69) is 39.2 Å². The highest BCUT2D eigenvalue weighted by Crippen LogP contribution is 2.18. The lowest BCUT2D eigenvalue weighted by Crippen LogP contribution is -2.25. The number of benzene rings is 2. The Balaban J connectivity index is 1.92. The summed E-state index contributed by atoms with van der Waals surface area (Å²) in [6.45, 7) is 1.30. The first-order chi connectivity index (χ1) is 11.2. The third-order valence-electron chi connectivity index (χ3n) is 3.33. The fourth-order valence-corrected chi connectivity index (χ4v) is 2.46. The van der Waals surface area contributed by atoms with Crippen molar-refractivity contribution in [2.24, 2.45) is 0 Å². The van der Waals surface area contributed by atoms with Crippen LogP contribution in [0.3, 0.4) is 0 Å². The topological polar surface area (TPSA) is 67.9 Å². The van der Waals surface area contributed by atoms with E-state index in [-0.39, 0.29) is 11.2 Å². The lowest BCUT2D eigenvalue weighted by molar-refractivity contribution is 0.759. The van der Waals surface area contributed by atoms with E-state index < -0.39 is 0 Å². The number of anilines is 2. The summed E-state index contributed by atoms with van der Waals surface area (Å²) in [6, 6.07) is 20.2.